The van der Waals surface area contributed by atoms with Gasteiger partial charge < -0.3 is 15.0 Å². The van der Waals surface area contributed by atoms with Crippen molar-refractivity contribution in [3.8, 4) is 5.75 Å². The first kappa shape index (κ1) is 21.4. The zero-order valence-corrected chi connectivity index (χ0v) is 17.3. The highest BCUT2D eigenvalue weighted by Gasteiger charge is 2.10. The Morgan fingerprint density at radius 1 is 1.41 bits per heavy atom. The van der Waals surface area contributed by atoms with E-state index in [1.165, 1.54) is 0 Å². The third-order valence-electron chi connectivity index (χ3n) is 3.20. The van der Waals surface area contributed by atoms with E-state index in [4.69, 9.17) is 9.73 Å². The first-order valence-corrected chi connectivity index (χ1v) is 8.55. The van der Waals surface area contributed by atoms with Crippen LogP contribution in [0.15, 0.2) is 29.3 Å². The van der Waals surface area contributed by atoms with Crippen molar-refractivity contribution in [3.63, 3.8) is 0 Å². The molecule has 0 bridgehead atoms. The van der Waals surface area contributed by atoms with Gasteiger partial charge in [0.2, 0.25) is 0 Å². The molecule has 0 spiro atoms. The number of rotatable bonds is 7. The van der Waals surface area contributed by atoms with Gasteiger partial charge in [0.15, 0.2) is 5.96 Å². The fraction of sp³-hybridized carbons (Fsp3) is 0.562. The monoisotopic (exact) mass is 437 g/mol. The average Bonchev–Trinajstić information content (AvgIpc) is 2.51. The molecule has 1 N–H and O–H groups in total. The third kappa shape index (κ3) is 7.09. The fourth-order valence-electron chi connectivity index (χ4n) is 1.92. The Morgan fingerprint density at radius 3 is 2.68 bits per heavy atom. The van der Waals surface area contributed by atoms with Crippen molar-refractivity contribution < 1.29 is 4.74 Å². The van der Waals surface area contributed by atoms with Gasteiger partial charge in [-0.2, -0.15) is 11.8 Å². The Hall–Kier alpha value is -0.630. The summed E-state index contributed by atoms with van der Waals surface area (Å²) < 4.78 is 5.41. The Labute approximate surface area is 156 Å². The summed E-state index contributed by atoms with van der Waals surface area (Å²) in [6, 6.07) is 8.10. The van der Waals surface area contributed by atoms with Crippen LogP contribution in [-0.2, 0) is 6.54 Å². The zero-order chi connectivity index (χ0) is 15.7. The van der Waals surface area contributed by atoms with Gasteiger partial charge in [0.25, 0.3) is 0 Å². The number of aliphatic imine (C=N–C) groups is 1. The molecular formula is C16H28IN3OS. The second-order valence-corrected chi connectivity index (χ2v) is 6.18. The molecule has 0 saturated carbocycles. The number of hydrogen-bond acceptors (Lipinski definition) is 3. The van der Waals surface area contributed by atoms with Gasteiger partial charge in [0, 0.05) is 31.0 Å². The van der Waals surface area contributed by atoms with Crippen molar-refractivity contribution in [2.75, 3.05) is 33.5 Å². The standard InChI is InChI=1S/C16H27N3OS.HI/c1-6-17-16(18-11-13(2)21-5)19(3)12-14-9-7-8-10-15(14)20-4;/h7-10,13H,6,11-12H2,1-5H3,(H,17,18);1H. The fourth-order valence-corrected chi connectivity index (χ4v) is 2.15. The van der Waals surface area contributed by atoms with Gasteiger partial charge in [-0.05, 0) is 19.2 Å². The number of benzene rings is 1. The SMILES string of the molecule is CCNC(=NCC(C)SC)N(C)Cc1ccccc1OC.I. The molecule has 0 aliphatic carbocycles. The van der Waals surface area contributed by atoms with Crippen LogP contribution in [0.5, 0.6) is 5.75 Å². The van der Waals surface area contributed by atoms with Gasteiger partial charge >= 0.3 is 0 Å². The molecule has 0 radical (unpaired) electrons. The first-order valence-electron chi connectivity index (χ1n) is 7.26. The van der Waals surface area contributed by atoms with Crippen LogP contribution >= 0.6 is 35.7 Å². The molecule has 0 heterocycles. The van der Waals surface area contributed by atoms with Crippen LogP contribution in [-0.4, -0.2) is 49.6 Å². The van der Waals surface area contributed by atoms with E-state index in [0.717, 1.165) is 36.9 Å². The summed E-state index contributed by atoms with van der Waals surface area (Å²) in [5.74, 6) is 1.85. The van der Waals surface area contributed by atoms with E-state index in [1.54, 1.807) is 7.11 Å². The molecule has 1 unspecified atom stereocenters. The Kier molecular flexibility index (Phi) is 11.5. The van der Waals surface area contributed by atoms with Gasteiger partial charge in [-0.3, -0.25) is 4.99 Å². The van der Waals surface area contributed by atoms with Crippen molar-refractivity contribution in [3.05, 3.63) is 29.8 Å². The molecule has 0 amide bonds. The molecule has 0 aromatic heterocycles. The van der Waals surface area contributed by atoms with Crippen LogP contribution in [0.3, 0.4) is 0 Å². The highest BCUT2D eigenvalue weighted by molar-refractivity contribution is 14.0. The quantitative estimate of drug-likeness (QED) is 0.403. The van der Waals surface area contributed by atoms with Crippen LogP contribution < -0.4 is 10.1 Å². The van der Waals surface area contributed by atoms with Crippen LogP contribution in [0, 0.1) is 0 Å². The van der Waals surface area contributed by atoms with Crippen molar-refractivity contribution in [1.82, 2.24) is 10.2 Å². The van der Waals surface area contributed by atoms with Gasteiger partial charge in [-0.25, -0.2) is 0 Å². The molecule has 1 rings (SSSR count). The summed E-state index contributed by atoms with van der Waals surface area (Å²) in [6.45, 7) is 6.73. The Morgan fingerprint density at radius 2 is 2.09 bits per heavy atom. The van der Waals surface area contributed by atoms with Crippen LogP contribution in [0.25, 0.3) is 0 Å². The van der Waals surface area contributed by atoms with Crippen LogP contribution in [0.4, 0.5) is 0 Å². The lowest BCUT2D eigenvalue weighted by Gasteiger charge is -2.23. The molecule has 0 saturated heterocycles. The summed E-state index contributed by atoms with van der Waals surface area (Å²) in [5, 5.41) is 3.87. The van der Waals surface area contributed by atoms with Crippen molar-refractivity contribution in [2.45, 2.75) is 25.6 Å². The number of thioether (sulfide) groups is 1. The average molecular weight is 437 g/mol. The third-order valence-corrected chi connectivity index (χ3v) is 4.15. The van der Waals surface area contributed by atoms with Crippen LogP contribution in [0.1, 0.15) is 19.4 Å². The molecule has 6 heteroatoms. The summed E-state index contributed by atoms with van der Waals surface area (Å²) >= 11 is 1.83. The van der Waals surface area contributed by atoms with E-state index >= 15 is 0 Å². The van der Waals surface area contributed by atoms with Gasteiger partial charge in [0.05, 0.1) is 13.7 Å². The van der Waals surface area contributed by atoms with E-state index in [0.29, 0.717) is 5.25 Å². The second-order valence-electron chi connectivity index (χ2n) is 4.91. The molecule has 126 valence electrons. The Balaban J connectivity index is 0.00000441. The molecule has 4 nitrogen and oxygen atoms in total. The molecular weight excluding hydrogens is 409 g/mol. The minimum absolute atomic E-state index is 0. The summed E-state index contributed by atoms with van der Waals surface area (Å²) in [5.41, 5.74) is 1.16. The lowest BCUT2D eigenvalue weighted by atomic mass is 10.2. The number of methoxy groups -OCH3 is 1. The first-order chi connectivity index (χ1) is 10.1. The molecule has 22 heavy (non-hydrogen) atoms. The van der Waals surface area contributed by atoms with E-state index in [2.05, 4.69) is 43.4 Å². The number of para-hydroxylation sites is 1. The lowest BCUT2D eigenvalue weighted by molar-refractivity contribution is 0.396. The van der Waals surface area contributed by atoms with Crippen molar-refractivity contribution >= 4 is 41.7 Å². The van der Waals surface area contributed by atoms with E-state index in [1.807, 2.05) is 30.0 Å². The van der Waals surface area contributed by atoms with E-state index in [9.17, 15) is 0 Å². The zero-order valence-electron chi connectivity index (χ0n) is 14.1. The van der Waals surface area contributed by atoms with Crippen molar-refractivity contribution in [2.24, 2.45) is 4.99 Å². The van der Waals surface area contributed by atoms with Gasteiger partial charge in [0.1, 0.15) is 5.75 Å². The van der Waals surface area contributed by atoms with Crippen LogP contribution in [0.2, 0.25) is 0 Å². The highest BCUT2D eigenvalue weighted by Crippen LogP contribution is 2.18. The van der Waals surface area contributed by atoms with E-state index in [-0.39, 0.29) is 24.0 Å². The summed E-state index contributed by atoms with van der Waals surface area (Å²) in [4.78, 5) is 6.84. The number of ether oxygens (including phenoxy) is 1. The lowest BCUT2D eigenvalue weighted by Crippen LogP contribution is -2.39. The maximum Gasteiger partial charge on any atom is 0.193 e. The second kappa shape index (κ2) is 11.9. The molecule has 0 aliphatic rings. The van der Waals surface area contributed by atoms with Gasteiger partial charge in [-0.15, -0.1) is 24.0 Å². The minimum Gasteiger partial charge on any atom is -0.496 e. The Bertz CT molecular complexity index is 457. The molecule has 1 aromatic carbocycles. The minimum atomic E-state index is 0. The maximum absolute atomic E-state index is 5.41. The number of nitrogens with zero attached hydrogens (tertiary/aromatic N) is 2. The molecule has 1 atom stereocenters. The number of nitrogens with one attached hydrogen (secondary N) is 1. The predicted octanol–water partition coefficient (Wildman–Crippen LogP) is 3.46. The molecule has 0 fully saturated rings. The number of hydrogen-bond donors (Lipinski definition) is 1. The predicted molar refractivity (Wildman–Crippen MR) is 109 cm³/mol. The topological polar surface area (TPSA) is 36.9 Å². The number of halogens is 1. The summed E-state index contributed by atoms with van der Waals surface area (Å²) in [7, 11) is 3.76. The molecule has 1 aromatic rings. The summed E-state index contributed by atoms with van der Waals surface area (Å²) in [6.07, 6.45) is 2.12. The number of guanidine groups is 1. The smallest absolute Gasteiger partial charge is 0.193 e. The molecule has 0 aliphatic heterocycles. The largest absolute Gasteiger partial charge is 0.496 e. The normalized spacial score (nSPS) is 12.3. The highest BCUT2D eigenvalue weighted by atomic mass is 127. The maximum atomic E-state index is 5.41. The van der Waals surface area contributed by atoms with Crippen molar-refractivity contribution in [1.29, 1.82) is 0 Å². The van der Waals surface area contributed by atoms with E-state index < -0.39 is 0 Å². The van der Waals surface area contributed by atoms with Gasteiger partial charge in [-0.1, -0.05) is 25.1 Å².